The first kappa shape index (κ1) is 20.5. The molecule has 154 valence electrons. The van der Waals surface area contributed by atoms with Crippen molar-refractivity contribution >= 4 is 11.9 Å². The van der Waals surface area contributed by atoms with Gasteiger partial charge >= 0.3 is 5.97 Å². The molecule has 0 radical (unpaired) electrons. The Labute approximate surface area is 169 Å². The first-order valence-electron chi connectivity index (χ1n) is 9.36. The van der Waals surface area contributed by atoms with Crippen LogP contribution in [0.1, 0.15) is 25.0 Å². The van der Waals surface area contributed by atoms with Crippen molar-refractivity contribution in [3.8, 4) is 17.2 Å². The molecule has 0 spiro atoms. The number of para-hydroxylation sites is 2. The van der Waals surface area contributed by atoms with Crippen molar-refractivity contribution in [3.63, 3.8) is 0 Å². The smallest absolute Gasteiger partial charge is 0.344 e. The molecule has 0 saturated carbocycles. The number of hydrogen-bond acceptors (Lipinski definition) is 6. The highest BCUT2D eigenvalue weighted by Crippen LogP contribution is 2.41. The Balaban J connectivity index is 1.43. The third-order valence-electron chi connectivity index (χ3n) is 4.43. The predicted molar refractivity (Wildman–Crippen MR) is 106 cm³/mol. The maximum atomic E-state index is 11.9. The van der Waals surface area contributed by atoms with E-state index in [4.69, 9.17) is 18.9 Å². The van der Waals surface area contributed by atoms with Gasteiger partial charge in [-0.2, -0.15) is 0 Å². The molecule has 1 amide bonds. The molecule has 0 unspecified atom stereocenters. The van der Waals surface area contributed by atoms with Gasteiger partial charge in [0.2, 0.25) is 0 Å². The van der Waals surface area contributed by atoms with Crippen LogP contribution < -0.4 is 19.5 Å². The number of benzene rings is 2. The number of rotatable bonds is 8. The number of nitrogens with one attached hydrogen (secondary N) is 1. The Kier molecular flexibility index (Phi) is 6.26. The number of hydrogen-bond donors (Lipinski definition) is 1. The summed E-state index contributed by atoms with van der Waals surface area (Å²) in [7, 11) is 1.57. The second-order valence-corrected chi connectivity index (χ2v) is 7.32. The zero-order chi connectivity index (χ0) is 20.9. The summed E-state index contributed by atoms with van der Waals surface area (Å²) in [6.07, 6.45) is 0.774. The monoisotopic (exact) mass is 399 g/mol. The van der Waals surface area contributed by atoms with Crippen LogP contribution in [-0.4, -0.2) is 37.8 Å². The molecule has 2 aromatic carbocycles. The van der Waals surface area contributed by atoms with E-state index in [0.717, 1.165) is 17.5 Å². The predicted octanol–water partition coefficient (Wildman–Crippen LogP) is 2.65. The standard InChI is InChI=1S/C22H25NO6/c1-22(2)11-15-8-6-10-18(21(15)29-22)27-14-20(25)28-13-19(24)23-12-16-7-4-5-9-17(16)26-3/h4-10H,11-14H2,1-3H3,(H,23,24). The van der Waals surface area contributed by atoms with Gasteiger partial charge in [-0.05, 0) is 26.0 Å². The number of esters is 1. The normalized spacial score (nSPS) is 13.8. The first-order chi connectivity index (χ1) is 13.9. The van der Waals surface area contributed by atoms with E-state index in [0.29, 0.717) is 17.2 Å². The maximum Gasteiger partial charge on any atom is 0.344 e. The van der Waals surface area contributed by atoms with E-state index >= 15 is 0 Å². The molecule has 2 aromatic rings. The quantitative estimate of drug-likeness (QED) is 0.687. The van der Waals surface area contributed by atoms with Crippen LogP contribution in [0, 0.1) is 0 Å². The Hall–Kier alpha value is -3.22. The molecule has 1 aliphatic rings. The minimum Gasteiger partial charge on any atom is -0.496 e. The number of methoxy groups -OCH3 is 1. The summed E-state index contributed by atoms with van der Waals surface area (Å²) in [6, 6.07) is 12.9. The van der Waals surface area contributed by atoms with Crippen LogP contribution in [0.25, 0.3) is 0 Å². The van der Waals surface area contributed by atoms with Crippen molar-refractivity contribution in [1.29, 1.82) is 0 Å². The lowest BCUT2D eigenvalue weighted by molar-refractivity contribution is -0.150. The molecule has 7 heteroatoms. The van der Waals surface area contributed by atoms with Gasteiger partial charge in [-0.15, -0.1) is 0 Å². The molecule has 1 heterocycles. The van der Waals surface area contributed by atoms with Crippen molar-refractivity contribution in [3.05, 3.63) is 53.6 Å². The molecule has 1 aliphatic heterocycles. The summed E-state index contributed by atoms with van der Waals surface area (Å²) < 4.78 is 21.7. The number of amides is 1. The van der Waals surface area contributed by atoms with Crippen LogP contribution in [-0.2, 0) is 27.3 Å². The maximum absolute atomic E-state index is 11.9. The Morgan fingerprint density at radius 3 is 2.62 bits per heavy atom. The van der Waals surface area contributed by atoms with Crippen LogP contribution in [0.5, 0.6) is 17.2 Å². The second-order valence-electron chi connectivity index (χ2n) is 7.32. The molecule has 0 saturated heterocycles. The summed E-state index contributed by atoms with van der Waals surface area (Å²) in [6.45, 7) is 3.58. The highest BCUT2D eigenvalue weighted by atomic mass is 16.6. The summed E-state index contributed by atoms with van der Waals surface area (Å²) in [5.74, 6) is 0.784. The van der Waals surface area contributed by atoms with E-state index in [1.807, 2.05) is 50.2 Å². The fraction of sp³-hybridized carbons (Fsp3) is 0.364. The second kappa shape index (κ2) is 8.86. The van der Waals surface area contributed by atoms with Gasteiger partial charge < -0.3 is 24.3 Å². The van der Waals surface area contributed by atoms with Gasteiger partial charge in [-0.25, -0.2) is 4.79 Å². The molecular weight excluding hydrogens is 374 g/mol. The van der Waals surface area contributed by atoms with Crippen LogP contribution in [0.2, 0.25) is 0 Å². The Morgan fingerprint density at radius 2 is 1.83 bits per heavy atom. The van der Waals surface area contributed by atoms with Crippen LogP contribution in [0.4, 0.5) is 0 Å². The summed E-state index contributed by atoms with van der Waals surface area (Å²) in [5.41, 5.74) is 1.57. The van der Waals surface area contributed by atoms with Crippen molar-refractivity contribution in [2.45, 2.75) is 32.4 Å². The van der Waals surface area contributed by atoms with E-state index < -0.39 is 11.9 Å². The first-order valence-corrected chi connectivity index (χ1v) is 9.36. The van der Waals surface area contributed by atoms with Gasteiger partial charge in [0.1, 0.15) is 11.4 Å². The minimum absolute atomic E-state index is 0.278. The molecule has 0 aromatic heterocycles. The largest absolute Gasteiger partial charge is 0.496 e. The molecule has 0 atom stereocenters. The number of carbonyl (C=O) groups excluding carboxylic acids is 2. The van der Waals surface area contributed by atoms with Crippen LogP contribution in [0.3, 0.4) is 0 Å². The minimum atomic E-state index is -0.632. The third kappa shape index (κ3) is 5.40. The Morgan fingerprint density at radius 1 is 1.07 bits per heavy atom. The van der Waals surface area contributed by atoms with Crippen molar-refractivity contribution in [1.82, 2.24) is 5.32 Å². The average molecular weight is 399 g/mol. The molecular formula is C22H25NO6. The van der Waals surface area contributed by atoms with Gasteiger partial charge in [-0.1, -0.05) is 30.3 Å². The summed E-state index contributed by atoms with van der Waals surface area (Å²) in [4.78, 5) is 23.9. The van der Waals surface area contributed by atoms with Crippen molar-refractivity contribution in [2.75, 3.05) is 20.3 Å². The van der Waals surface area contributed by atoms with Gasteiger partial charge in [-0.3, -0.25) is 4.79 Å². The number of ether oxygens (including phenoxy) is 4. The van der Waals surface area contributed by atoms with E-state index in [9.17, 15) is 9.59 Å². The van der Waals surface area contributed by atoms with Gasteiger partial charge in [0.15, 0.2) is 24.7 Å². The van der Waals surface area contributed by atoms with Crippen LogP contribution >= 0.6 is 0 Å². The molecule has 3 rings (SSSR count). The molecule has 1 N–H and O–H groups in total. The van der Waals surface area contributed by atoms with Gasteiger partial charge in [0.25, 0.3) is 5.91 Å². The van der Waals surface area contributed by atoms with Crippen molar-refractivity contribution < 1.29 is 28.5 Å². The summed E-state index contributed by atoms with van der Waals surface area (Å²) in [5, 5.41) is 2.69. The molecule has 0 bridgehead atoms. The lowest BCUT2D eigenvalue weighted by atomic mass is 10.0. The third-order valence-corrected chi connectivity index (χ3v) is 4.43. The average Bonchev–Trinajstić information content (AvgIpc) is 3.03. The molecule has 7 nitrogen and oxygen atoms in total. The van der Waals surface area contributed by atoms with E-state index in [-0.39, 0.29) is 25.4 Å². The van der Waals surface area contributed by atoms with Gasteiger partial charge in [0.05, 0.1) is 7.11 Å². The Bertz CT molecular complexity index is 893. The molecule has 0 aliphatic carbocycles. The zero-order valence-corrected chi connectivity index (χ0v) is 16.8. The lowest BCUT2D eigenvalue weighted by Crippen LogP contribution is -2.29. The SMILES string of the molecule is COc1ccccc1CNC(=O)COC(=O)COc1cccc2c1OC(C)(C)C2. The van der Waals surface area contributed by atoms with Crippen LogP contribution in [0.15, 0.2) is 42.5 Å². The fourth-order valence-corrected chi connectivity index (χ4v) is 3.12. The molecule has 29 heavy (non-hydrogen) atoms. The molecule has 0 fully saturated rings. The van der Waals surface area contributed by atoms with E-state index in [2.05, 4.69) is 5.32 Å². The fourth-order valence-electron chi connectivity index (χ4n) is 3.12. The number of fused-ring (bicyclic) bond motifs is 1. The lowest BCUT2D eigenvalue weighted by Gasteiger charge is -2.18. The highest BCUT2D eigenvalue weighted by molar-refractivity contribution is 5.81. The topological polar surface area (TPSA) is 83.1 Å². The van der Waals surface area contributed by atoms with Crippen molar-refractivity contribution in [2.24, 2.45) is 0 Å². The zero-order valence-electron chi connectivity index (χ0n) is 16.8. The van der Waals surface area contributed by atoms with E-state index in [1.54, 1.807) is 13.2 Å². The van der Waals surface area contributed by atoms with Gasteiger partial charge in [0, 0.05) is 24.1 Å². The number of carbonyl (C=O) groups is 2. The van der Waals surface area contributed by atoms with E-state index in [1.165, 1.54) is 0 Å². The summed E-state index contributed by atoms with van der Waals surface area (Å²) >= 11 is 0. The highest BCUT2D eigenvalue weighted by Gasteiger charge is 2.32.